The van der Waals surface area contributed by atoms with E-state index in [1.54, 1.807) is 18.2 Å². The average Bonchev–Trinajstić information content (AvgIpc) is 3.05. The molecule has 0 radical (unpaired) electrons. The molecular formula is C18H16N2O4S. The first-order valence-corrected chi connectivity index (χ1v) is 8.35. The summed E-state index contributed by atoms with van der Waals surface area (Å²) >= 11 is 0.897. The molecule has 2 aromatic rings. The minimum Gasteiger partial charge on any atom is -0.465 e. The Morgan fingerprint density at radius 3 is 2.44 bits per heavy atom. The summed E-state index contributed by atoms with van der Waals surface area (Å²) in [5.74, 6) is -0.755. The van der Waals surface area contributed by atoms with Crippen molar-refractivity contribution < 1.29 is 19.1 Å². The van der Waals surface area contributed by atoms with E-state index in [0.29, 0.717) is 10.5 Å². The van der Waals surface area contributed by atoms with Crippen molar-refractivity contribution in [2.75, 3.05) is 7.11 Å². The Kier molecular flexibility index (Phi) is 4.50. The van der Waals surface area contributed by atoms with E-state index < -0.39 is 0 Å². The molecule has 25 heavy (non-hydrogen) atoms. The van der Waals surface area contributed by atoms with E-state index >= 15 is 0 Å². The summed E-state index contributed by atoms with van der Waals surface area (Å²) in [4.78, 5) is 34.9. The normalized spacial score (nSPS) is 15.6. The van der Waals surface area contributed by atoms with Crippen molar-refractivity contribution in [3.63, 3.8) is 0 Å². The van der Waals surface area contributed by atoms with Crippen molar-refractivity contribution >= 4 is 35.0 Å². The summed E-state index contributed by atoms with van der Waals surface area (Å²) in [7, 11) is 1.35. The monoisotopic (exact) mass is 356 g/mol. The van der Waals surface area contributed by atoms with Gasteiger partial charge in [-0.3, -0.25) is 14.9 Å². The molecule has 1 fully saturated rings. The van der Waals surface area contributed by atoms with Crippen LogP contribution in [-0.4, -0.2) is 28.8 Å². The summed E-state index contributed by atoms with van der Waals surface area (Å²) in [5, 5.41) is 1.89. The van der Waals surface area contributed by atoms with Gasteiger partial charge in [-0.05, 0) is 67.6 Å². The second-order valence-corrected chi connectivity index (χ2v) is 6.57. The third-order valence-electron chi connectivity index (χ3n) is 3.95. The number of aryl methyl sites for hydroxylation is 1. The molecule has 0 unspecified atom stereocenters. The van der Waals surface area contributed by atoms with Crippen LogP contribution in [0.5, 0.6) is 0 Å². The number of hydrogen-bond acceptors (Lipinski definition) is 5. The van der Waals surface area contributed by atoms with Gasteiger partial charge in [-0.15, -0.1) is 0 Å². The van der Waals surface area contributed by atoms with Gasteiger partial charge < -0.3 is 9.30 Å². The van der Waals surface area contributed by atoms with Crippen LogP contribution in [0.15, 0.2) is 35.2 Å². The number of carbonyl (C=O) groups is 3. The predicted octanol–water partition coefficient (Wildman–Crippen LogP) is 3.20. The van der Waals surface area contributed by atoms with Gasteiger partial charge in [0.25, 0.3) is 11.1 Å². The number of carbonyl (C=O) groups excluding carboxylic acids is 3. The highest BCUT2D eigenvalue weighted by Gasteiger charge is 2.25. The molecule has 0 saturated carbocycles. The van der Waals surface area contributed by atoms with E-state index in [1.807, 2.05) is 36.6 Å². The number of nitrogens with zero attached hydrogens (tertiary/aromatic N) is 1. The van der Waals surface area contributed by atoms with E-state index in [9.17, 15) is 14.4 Å². The van der Waals surface area contributed by atoms with Gasteiger partial charge in [0, 0.05) is 17.1 Å². The van der Waals surface area contributed by atoms with Gasteiger partial charge in [0.05, 0.1) is 17.6 Å². The quantitative estimate of drug-likeness (QED) is 0.675. The maximum absolute atomic E-state index is 11.7. The number of rotatable bonds is 3. The minimum atomic E-state index is -0.383. The zero-order valence-electron chi connectivity index (χ0n) is 14.0. The molecule has 1 N–H and O–H groups in total. The van der Waals surface area contributed by atoms with Crippen LogP contribution in [0, 0.1) is 13.8 Å². The smallest absolute Gasteiger partial charge is 0.337 e. The zero-order valence-corrected chi connectivity index (χ0v) is 14.8. The van der Waals surface area contributed by atoms with Crippen molar-refractivity contribution in [1.29, 1.82) is 0 Å². The Hall–Kier alpha value is -2.80. The first kappa shape index (κ1) is 17.0. The topological polar surface area (TPSA) is 77.4 Å². The zero-order chi connectivity index (χ0) is 18.1. The molecule has 6 nitrogen and oxygen atoms in total. The number of benzene rings is 1. The van der Waals surface area contributed by atoms with E-state index in [0.717, 1.165) is 34.4 Å². The molecule has 2 amide bonds. The second kappa shape index (κ2) is 6.60. The Bertz CT molecular complexity index is 910. The standard InChI is InChI=1S/C18H16N2O4S/c1-10-8-13(9-15-16(21)19-18(23)25-15)11(2)20(10)14-6-4-12(5-7-14)17(22)24-3/h4-9H,1-3H3,(H,19,21,23). The maximum Gasteiger partial charge on any atom is 0.337 e. The Labute approximate surface area is 148 Å². The van der Waals surface area contributed by atoms with E-state index in [2.05, 4.69) is 5.32 Å². The summed E-state index contributed by atoms with van der Waals surface area (Å²) in [6.45, 7) is 3.89. The molecular weight excluding hydrogens is 340 g/mol. The first-order valence-electron chi connectivity index (χ1n) is 7.53. The SMILES string of the molecule is COC(=O)c1ccc(-n2c(C)cc(C=C3SC(=O)NC3=O)c2C)cc1. The van der Waals surface area contributed by atoms with Gasteiger partial charge in [0.2, 0.25) is 0 Å². The fourth-order valence-electron chi connectivity index (χ4n) is 2.76. The molecule has 1 aliphatic rings. The van der Waals surface area contributed by atoms with E-state index in [1.165, 1.54) is 7.11 Å². The molecule has 128 valence electrons. The van der Waals surface area contributed by atoms with Gasteiger partial charge >= 0.3 is 5.97 Å². The number of hydrogen-bond donors (Lipinski definition) is 1. The van der Waals surface area contributed by atoms with Crippen LogP contribution < -0.4 is 5.32 Å². The van der Waals surface area contributed by atoms with Crippen LogP contribution in [-0.2, 0) is 9.53 Å². The molecule has 0 atom stereocenters. The second-order valence-electron chi connectivity index (χ2n) is 5.55. The lowest BCUT2D eigenvalue weighted by molar-refractivity contribution is -0.115. The molecule has 2 heterocycles. The molecule has 1 aromatic heterocycles. The molecule has 0 spiro atoms. The summed E-state index contributed by atoms with van der Waals surface area (Å²) in [5.41, 5.74) is 4.15. The predicted molar refractivity (Wildman–Crippen MR) is 95.7 cm³/mol. The number of aromatic nitrogens is 1. The lowest BCUT2D eigenvalue weighted by atomic mass is 10.2. The third-order valence-corrected chi connectivity index (χ3v) is 4.76. The number of amides is 2. The highest BCUT2D eigenvalue weighted by atomic mass is 32.2. The van der Waals surface area contributed by atoms with Crippen molar-refractivity contribution in [2.45, 2.75) is 13.8 Å². The fourth-order valence-corrected chi connectivity index (χ4v) is 3.43. The Morgan fingerprint density at radius 1 is 1.20 bits per heavy atom. The molecule has 3 rings (SSSR count). The largest absolute Gasteiger partial charge is 0.465 e. The summed E-state index contributed by atoms with van der Waals surface area (Å²) in [6, 6.07) is 9.04. The van der Waals surface area contributed by atoms with Gasteiger partial charge in [-0.25, -0.2) is 4.79 Å². The molecule has 0 aliphatic carbocycles. The van der Waals surface area contributed by atoms with Crippen molar-refractivity contribution in [1.82, 2.24) is 9.88 Å². The number of methoxy groups -OCH3 is 1. The first-order chi connectivity index (χ1) is 11.9. The summed E-state index contributed by atoms with van der Waals surface area (Å²) < 4.78 is 6.73. The number of thioether (sulfide) groups is 1. The van der Waals surface area contributed by atoms with Crippen molar-refractivity contribution in [3.8, 4) is 5.69 Å². The van der Waals surface area contributed by atoms with Crippen LogP contribution in [0.2, 0.25) is 0 Å². The molecule has 1 aliphatic heterocycles. The van der Waals surface area contributed by atoms with Crippen molar-refractivity contribution in [2.24, 2.45) is 0 Å². The molecule has 0 bridgehead atoms. The van der Waals surface area contributed by atoms with Gasteiger partial charge in [-0.2, -0.15) is 0 Å². The number of esters is 1. The fraction of sp³-hybridized carbons (Fsp3) is 0.167. The van der Waals surface area contributed by atoms with Gasteiger partial charge in [0.1, 0.15) is 0 Å². The lowest BCUT2D eigenvalue weighted by Gasteiger charge is -2.10. The highest BCUT2D eigenvalue weighted by Crippen LogP contribution is 2.29. The van der Waals surface area contributed by atoms with E-state index in [4.69, 9.17) is 4.74 Å². The Morgan fingerprint density at radius 2 is 1.88 bits per heavy atom. The summed E-state index contributed by atoms with van der Waals surface area (Å²) in [6.07, 6.45) is 1.71. The number of imide groups is 1. The molecule has 1 saturated heterocycles. The van der Waals surface area contributed by atoms with Crippen LogP contribution in [0.3, 0.4) is 0 Å². The highest BCUT2D eigenvalue weighted by molar-refractivity contribution is 8.18. The van der Waals surface area contributed by atoms with Gasteiger partial charge in [-0.1, -0.05) is 0 Å². The van der Waals surface area contributed by atoms with Crippen LogP contribution in [0.1, 0.15) is 27.3 Å². The lowest BCUT2D eigenvalue weighted by Crippen LogP contribution is -2.17. The van der Waals surface area contributed by atoms with Crippen LogP contribution in [0.4, 0.5) is 4.79 Å². The number of nitrogens with one attached hydrogen (secondary N) is 1. The molecule has 1 aromatic carbocycles. The minimum absolute atomic E-state index is 0.358. The Balaban J connectivity index is 1.98. The average molecular weight is 356 g/mol. The maximum atomic E-state index is 11.7. The van der Waals surface area contributed by atoms with Crippen molar-refractivity contribution in [3.05, 3.63) is 57.8 Å². The van der Waals surface area contributed by atoms with Gasteiger partial charge in [0.15, 0.2) is 0 Å². The van der Waals surface area contributed by atoms with Crippen LogP contribution >= 0.6 is 11.8 Å². The molecule has 7 heteroatoms. The number of ether oxygens (including phenoxy) is 1. The van der Waals surface area contributed by atoms with E-state index in [-0.39, 0.29) is 17.1 Å². The third kappa shape index (κ3) is 3.23. The van der Waals surface area contributed by atoms with Crippen LogP contribution in [0.25, 0.3) is 11.8 Å².